The third-order valence-electron chi connectivity index (χ3n) is 3.62. The van der Waals surface area contributed by atoms with Crippen molar-refractivity contribution in [3.8, 4) is 0 Å². The van der Waals surface area contributed by atoms with Gasteiger partial charge in [-0.2, -0.15) is 0 Å². The molecule has 10 heteroatoms. The number of nitro groups is 1. The molecule has 0 saturated heterocycles. The van der Waals surface area contributed by atoms with Gasteiger partial charge in [-0.1, -0.05) is 17.7 Å². The van der Waals surface area contributed by atoms with Gasteiger partial charge in [0.2, 0.25) is 10.0 Å². The van der Waals surface area contributed by atoms with Crippen LogP contribution < -0.4 is 5.32 Å². The molecule has 8 nitrogen and oxygen atoms in total. The zero-order valence-corrected chi connectivity index (χ0v) is 15.8. The molecule has 0 bridgehead atoms. The Morgan fingerprint density at radius 3 is 2.42 bits per heavy atom. The van der Waals surface area contributed by atoms with E-state index in [1.165, 1.54) is 44.4 Å². The summed E-state index contributed by atoms with van der Waals surface area (Å²) in [5, 5.41) is 13.6. The van der Waals surface area contributed by atoms with Crippen LogP contribution in [0, 0.1) is 17.0 Å². The molecule has 1 amide bonds. The zero-order chi connectivity index (χ0) is 19.6. The number of halogens is 1. The van der Waals surface area contributed by atoms with Crippen molar-refractivity contribution in [1.82, 2.24) is 4.31 Å². The molecule has 0 aliphatic heterocycles. The molecule has 2 aromatic rings. The normalized spacial score (nSPS) is 11.4. The molecule has 0 heterocycles. The van der Waals surface area contributed by atoms with Crippen molar-refractivity contribution in [3.63, 3.8) is 0 Å². The van der Waals surface area contributed by atoms with Gasteiger partial charge in [0.15, 0.2) is 0 Å². The Bertz CT molecular complexity index is 989. The number of carbonyl (C=O) groups excluding carboxylic acids is 1. The van der Waals surface area contributed by atoms with Crippen molar-refractivity contribution < 1.29 is 18.1 Å². The second kappa shape index (κ2) is 7.40. The first-order valence-electron chi connectivity index (χ1n) is 7.32. The third kappa shape index (κ3) is 4.01. The Morgan fingerprint density at radius 1 is 1.19 bits per heavy atom. The van der Waals surface area contributed by atoms with Gasteiger partial charge in [-0.3, -0.25) is 14.9 Å². The van der Waals surface area contributed by atoms with E-state index in [1.807, 2.05) is 0 Å². The van der Waals surface area contributed by atoms with E-state index in [0.717, 1.165) is 10.4 Å². The molecule has 0 spiro atoms. The summed E-state index contributed by atoms with van der Waals surface area (Å²) in [6.07, 6.45) is 0. The molecule has 0 saturated carbocycles. The van der Waals surface area contributed by atoms with Gasteiger partial charge in [0.1, 0.15) is 0 Å². The van der Waals surface area contributed by atoms with Crippen molar-refractivity contribution in [2.45, 2.75) is 11.8 Å². The van der Waals surface area contributed by atoms with Crippen LogP contribution in [0.2, 0.25) is 5.02 Å². The maximum atomic E-state index is 12.5. The second-order valence-electron chi connectivity index (χ2n) is 5.64. The summed E-state index contributed by atoms with van der Waals surface area (Å²) in [4.78, 5) is 22.8. The fourth-order valence-corrected chi connectivity index (χ4v) is 3.26. The first kappa shape index (κ1) is 19.8. The number of nitrogens with one attached hydrogen (secondary N) is 1. The Kier molecular flexibility index (Phi) is 5.65. The Labute approximate surface area is 155 Å². The highest BCUT2D eigenvalue weighted by Crippen LogP contribution is 2.25. The topological polar surface area (TPSA) is 110 Å². The number of nitrogens with zero attached hydrogens (tertiary/aromatic N) is 2. The Balaban J connectivity index is 2.39. The highest BCUT2D eigenvalue weighted by Gasteiger charge is 2.21. The van der Waals surface area contributed by atoms with Crippen LogP contribution in [-0.2, 0) is 10.0 Å². The quantitative estimate of drug-likeness (QED) is 0.615. The van der Waals surface area contributed by atoms with Crippen LogP contribution in [0.25, 0.3) is 0 Å². The maximum Gasteiger partial charge on any atom is 0.274 e. The lowest BCUT2D eigenvalue weighted by Gasteiger charge is -2.13. The summed E-state index contributed by atoms with van der Waals surface area (Å²) in [5.74, 6) is -0.677. The van der Waals surface area contributed by atoms with Gasteiger partial charge in [0, 0.05) is 31.4 Å². The van der Waals surface area contributed by atoms with E-state index < -0.39 is 20.9 Å². The highest BCUT2D eigenvalue weighted by atomic mass is 35.5. The van der Waals surface area contributed by atoms with Crippen LogP contribution in [0.4, 0.5) is 11.4 Å². The zero-order valence-electron chi connectivity index (χ0n) is 14.2. The van der Waals surface area contributed by atoms with Crippen molar-refractivity contribution in [1.29, 1.82) is 0 Å². The molecule has 0 aliphatic rings. The number of rotatable bonds is 5. The summed E-state index contributed by atoms with van der Waals surface area (Å²) in [6.45, 7) is 1.58. The highest BCUT2D eigenvalue weighted by molar-refractivity contribution is 7.89. The van der Waals surface area contributed by atoms with Crippen LogP contribution in [-0.4, -0.2) is 37.6 Å². The molecule has 2 aromatic carbocycles. The van der Waals surface area contributed by atoms with Crippen LogP contribution in [0.1, 0.15) is 15.9 Å². The Morgan fingerprint density at radius 2 is 1.85 bits per heavy atom. The number of amides is 1. The molecule has 0 aromatic heterocycles. The van der Waals surface area contributed by atoms with Crippen LogP contribution in [0.3, 0.4) is 0 Å². The average molecular weight is 398 g/mol. The van der Waals surface area contributed by atoms with E-state index in [1.54, 1.807) is 6.92 Å². The predicted molar refractivity (Wildman–Crippen MR) is 98.1 cm³/mol. The summed E-state index contributed by atoms with van der Waals surface area (Å²) >= 11 is 6.02. The number of carbonyl (C=O) groups is 1. The molecule has 26 heavy (non-hydrogen) atoms. The third-order valence-corrected chi connectivity index (χ3v) is 5.77. The summed E-state index contributed by atoms with van der Waals surface area (Å²) in [5.41, 5.74) is 0.449. The molecule has 0 aliphatic carbocycles. The van der Waals surface area contributed by atoms with Gasteiger partial charge < -0.3 is 5.32 Å². The minimum absolute atomic E-state index is 0.0572. The summed E-state index contributed by atoms with van der Waals surface area (Å²) in [6, 6.07) is 8.00. The molecule has 0 radical (unpaired) electrons. The molecule has 0 atom stereocenters. The van der Waals surface area contributed by atoms with E-state index >= 15 is 0 Å². The largest absolute Gasteiger partial charge is 0.322 e. The number of benzene rings is 2. The van der Waals surface area contributed by atoms with Gasteiger partial charge in [0.25, 0.3) is 11.6 Å². The van der Waals surface area contributed by atoms with Crippen molar-refractivity contribution >= 4 is 38.9 Å². The van der Waals surface area contributed by atoms with Crippen molar-refractivity contribution in [2.24, 2.45) is 0 Å². The molecule has 2 rings (SSSR count). The van der Waals surface area contributed by atoms with Crippen LogP contribution in [0.15, 0.2) is 41.3 Å². The predicted octanol–water partition coefficient (Wildman–Crippen LogP) is 3.06. The number of hydrogen-bond donors (Lipinski definition) is 1. The standard InChI is InChI=1S/C16H16ClN3O5S/c1-10-4-5-11(8-15(10)20(22)23)18-16(21)13-9-12(6-7-14(13)17)26(24,25)19(2)3/h4-9H,1-3H3,(H,18,21). The Hall–Kier alpha value is -2.49. The first-order valence-corrected chi connectivity index (χ1v) is 9.14. The number of sulfonamides is 1. The van der Waals surface area contributed by atoms with E-state index in [9.17, 15) is 23.3 Å². The monoisotopic (exact) mass is 397 g/mol. The number of anilines is 1. The minimum atomic E-state index is -3.74. The SMILES string of the molecule is Cc1ccc(NC(=O)c2cc(S(=O)(=O)N(C)C)ccc2Cl)cc1[N+](=O)[O-]. The molecular formula is C16H16ClN3O5S. The molecule has 138 valence electrons. The lowest BCUT2D eigenvalue weighted by molar-refractivity contribution is -0.385. The van der Waals surface area contributed by atoms with Crippen molar-refractivity contribution in [3.05, 3.63) is 62.7 Å². The molecule has 0 fully saturated rings. The summed E-state index contributed by atoms with van der Waals surface area (Å²) in [7, 11) is -1.00. The van der Waals surface area contributed by atoms with Gasteiger partial charge in [-0.25, -0.2) is 12.7 Å². The van der Waals surface area contributed by atoms with E-state index in [0.29, 0.717) is 5.56 Å². The molecule has 0 unspecified atom stereocenters. The van der Waals surface area contributed by atoms with Gasteiger partial charge in [0.05, 0.1) is 20.4 Å². The lowest BCUT2D eigenvalue weighted by Crippen LogP contribution is -2.23. The minimum Gasteiger partial charge on any atom is -0.322 e. The van der Waals surface area contributed by atoms with Gasteiger partial charge in [-0.05, 0) is 31.2 Å². The van der Waals surface area contributed by atoms with Gasteiger partial charge >= 0.3 is 0 Å². The number of aryl methyl sites for hydroxylation is 1. The van der Waals surface area contributed by atoms with Gasteiger partial charge in [-0.15, -0.1) is 0 Å². The molecular weight excluding hydrogens is 382 g/mol. The van der Waals surface area contributed by atoms with E-state index in [2.05, 4.69) is 5.32 Å². The fraction of sp³-hybridized carbons (Fsp3) is 0.188. The van der Waals surface area contributed by atoms with Crippen LogP contribution in [0.5, 0.6) is 0 Å². The number of nitro benzene ring substituents is 1. The fourth-order valence-electron chi connectivity index (χ4n) is 2.13. The van der Waals surface area contributed by atoms with E-state index in [-0.39, 0.29) is 26.9 Å². The molecule has 1 N–H and O–H groups in total. The lowest BCUT2D eigenvalue weighted by atomic mass is 10.1. The van der Waals surface area contributed by atoms with Crippen LogP contribution >= 0.6 is 11.6 Å². The maximum absolute atomic E-state index is 12.5. The van der Waals surface area contributed by atoms with E-state index in [4.69, 9.17) is 11.6 Å². The first-order chi connectivity index (χ1) is 12.0. The van der Waals surface area contributed by atoms with Crippen molar-refractivity contribution in [2.75, 3.05) is 19.4 Å². The summed E-state index contributed by atoms with van der Waals surface area (Å²) < 4.78 is 25.4. The number of hydrogen-bond acceptors (Lipinski definition) is 5. The second-order valence-corrected chi connectivity index (χ2v) is 8.20. The average Bonchev–Trinajstić information content (AvgIpc) is 2.56. The smallest absolute Gasteiger partial charge is 0.274 e.